The molecule has 0 aliphatic rings. The number of aromatic nitrogens is 1. The Morgan fingerprint density at radius 2 is 1.03 bits per heavy atom. The van der Waals surface area contributed by atoms with E-state index in [1.165, 1.54) is 49.0 Å². The van der Waals surface area contributed by atoms with Crippen LogP contribution >= 0.6 is 0 Å². The van der Waals surface area contributed by atoms with Gasteiger partial charge >= 0.3 is 0 Å². The summed E-state index contributed by atoms with van der Waals surface area (Å²) in [7, 11) is 0. The van der Waals surface area contributed by atoms with E-state index in [1.54, 1.807) is 6.20 Å². The lowest BCUT2D eigenvalue weighted by Crippen LogP contribution is -1.91. The fourth-order valence-electron chi connectivity index (χ4n) is 5.61. The van der Waals surface area contributed by atoms with Gasteiger partial charge in [-0.2, -0.15) is 5.26 Å². The molecule has 7 aromatic rings. The van der Waals surface area contributed by atoms with Crippen molar-refractivity contribution in [3.05, 3.63) is 139 Å². The summed E-state index contributed by atoms with van der Waals surface area (Å²) in [4.78, 5) is 4.28. The Labute approximate surface area is 221 Å². The zero-order valence-electron chi connectivity index (χ0n) is 20.6. The molecule has 1 heterocycles. The maximum atomic E-state index is 9.37. The molecule has 0 aliphatic carbocycles. The minimum Gasteiger partial charge on any atom is -0.263 e. The van der Waals surface area contributed by atoms with Crippen LogP contribution in [0.15, 0.2) is 134 Å². The van der Waals surface area contributed by atoms with Crippen LogP contribution in [0.3, 0.4) is 0 Å². The zero-order chi connectivity index (χ0) is 25.5. The molecule has 0 atom stereocenters. The van der Waals surface area contributed by atoms with E-state index in [0.29, 0.717) is 5.56 Å². The van der Waals surface area contributed by atoms with Crippen molar-refractivity contribution in [1.29, 1.82) is 5.26 Å². The molecule has 0 unspecified atom stereocenters. The van der Waals surface area contributed by atoms with Gasteiger partial charge in [-0.15, -0.1) is 0 Å². The van der Waals surface area contributed by atoms with E-state index in [2.05, 4.69) is 126 Å². The van der Waals surface area contributed by atoms with Gasteiger partial charge in [0, 0.05) is 18.0 Å². The highest BCUT2D eigenvalue weighted by molar-refractivity contribution is 6.21. The van der Waals surface area contributed by atoms with Crippen LogP contribution in [0.25, 0.3) is 65.7 Å². The predicted molar refractivity (Wildman–Crippen MR) is 158 cm³/mol. The summed E-state index contributed by atoms with van der Waals surface area (Å²) < 4.78 is 0. The molecule has 176 valence electrons. The average molecular weight is 483 g/mol. The van der Waals surface area contributed by atoms with Crippen molar-refractivity contribution in [2.45, 2.75) is 0 Å². The Kier molecular flexibility index (Phi) is 5.20. The highest BCUT2D eigenvalue weighted by Gasteiger charge is 2.17. The van der Waals surface area contributed by atoms with Gasteiger partial charge in [0.25, 0.3) is 0 Å². The summed E-state index contributed by atoms with van der Waals surface area (Å²) in [6, 6.07) is 45.4. The molecule has 0 saturated carbocycles. The fraction of sp³-hybridized carbons (Fsp3) is 0. The summed E-state index contributed by atoms with van der Waals surface area (Å²) in [6.45, 7) is 0. The Morgan fingerprint density at radius 3 is 1.68 bits per heavy atom. The Morgan fingerprint density at radius 1 is 0.447 bits per heavy atom. The second-order valence-corrected chi connectivity index (χ2v) is 9.56. The minimum absolute atomic E-state index is 0.559. The van der Waals surface area contributed by atoms with Crippen molar-refractivity contribution in [1.82, 2.24) is 4.98 Å². The average Bonchev–Trinajstić information content (AvgIpc) is 2.99. The number of fused-ring (bicyclic) bond motifs is 3. The van der Waals surface area contributed by atoms with Crippen LogP contribution < -0.4 is 0 Å². The Balaban J connectivity index is 1.53. The highest BCUT2D eigenvalue weighted by atomic mass is 14.6. The van der Waals surface area contributed by atoms with E-state index >= 15 is 0 Å². The lowest BCUT2D eigenvalue weighted by Gasteiger charge is -2.18. The smallest absolute Gasteiger partial charge is 0.101 e. The number of hydrogen-bond donors (Lipinski definition) is 0. The first-order valence-corrected chi connectivity index (χ1v) is 12.7. The first kappa shape index (κ1) is 22.0. The van der Waals surface area contributed by atoms with Crippen molar-refractivity contribution in [3.63, 3.8) is 0 Å². The van der Waals surface area contributed by atoms with Gasteiger partial charge in [-0.1, -0.05) is 103 Å². The van der Waals surface area contributed by atoms with Gasteiger partial charge in [0.2, 0.25) is 0 Å². The van der Waals surface area contributed by atoms with Crippen LogP contribution in [0.2, 0.25) is 0 Å². The summed E-state index contributed by atoms with van der Waals surface area (Å²) in [5.41, 5.74) is 7.37. The molecule has 6 aromatic carbocycles. The number of hydrogen-bond acceptors (Lipinski definition) is 2. The largest absolute Gasteiger partial charge is 0.263 e. The molecular formula is C36H22N2. The first-order valence-electron chi connectivity index (χ1n) is 12.7. The first-order chi connectivity index (χ1) is 18.8. The van der Waals surface area contributed by atoms with E-state index in [-0.39, 0.29) is 0 Å². The van der Waals surface area contributed by atoms with Crippen molar-refractivity contribution in [3.8, 4) is 39.4 Å². The molecule has 0 saturated heterocycles. The Bertz CT molecular complexity index is 1990. The molecule has 0 amide bonds. The normalized spacial score (nSPS) is 11.1. The van der Waals surface area contributed by atoms with Gasteiger partial charge in [-0.05, 0) is 78.3 Å². The van der Waals surface area contributed by atoms with Crippen LogP contribution in [0, 0.1) is 11.3 Å². The van der Waals surface area contributed by atoms with Crippen molar-refractivity contribution in [2.75, 3.05) is 0 Å². The predicted octanol–water partition coefficient (Wildman–Crippen LogP) is 9.41. The van der Waals surface area contributed by atoms with Crippen LogP contribution in [-0.2, 0) is 0 Å². The van der Waals surface area contributed by atoms with E-state index in [4.69, 9.17) is 0 Å². The summed E-state index contributed by atoms with van der Waals surface area (Å²) >= 11 is 0. The standard InChI is InChI=1S/C36H22N2/c37-21-24-18-30(23-38-22-24)27-10-7-11-28(20-27)35-31-12-3-5-14-33(31)36(34-15-6-4-13-32(34)35)29-17-16-25-8-1-2-9-26(25)19-29/h1-20,22-23H. The second-order valence-electron chi connectivity index (χ2n) is 9.56. The molecule has 0 radical (unpaired) electrons. The molecule has 0 spiro atoms. The summed E-state index contributed by atoms with van der Waals surface area (Å²) in [5.74, 6) is 0. The SMILES string of the molecule is N#Cc1cncc(-c2cccc(-c3c4ccccc4c(-c4ccc5ccccc5c4)c4ccccc34)c2)c1. The van der Waals surface area contributed by atoms with E-state index in [1.807, 2.05) is 12.3 Å². The maximum Gasteiger partial charge on any atom is 0.101 e. The molecule has 38 heavy (non-hydrogen) atoms. The molecule has 7 rings (SSSR count). The van der Waals surface area contributed by atoms with Gasteiger partial charge in [0.1, 0.15) is 6.07 Å². The molecule has 2 heteroatoms. The van der Waals surface area contributed by atoms with Gasteiger partial charge in [-0.25, -0.2) is 0 Å². The fourth-order valence-corrected chi connectivity index (χ4v) is 5.61. The molecule has 2 nitrogen and oxygen atoms in total. The van der Waals surface area contributed by atoms with E-state index < -0.39 is 0 Å². The number of pyridine rings is 1. The third kappa shape index (κ3) is 3.61. The number of benzene rings is 6. The van der Waals surface area contributed by atoms with Crippen molar-refractivity contribution >= 4 is 32.3 Å². The van der Waals surface area contributed by atoms with Crippen molar-refractivity contribution in [2.24, 2.45) is 0 Å². The van der Waals surface area contributed by atoms with Crippen LogP contribution in [0.4, 0.5) is 0 Å². The quantitative estimate of drug-likeness (QED) is 0.235. The minimum atomic E-state index is 0.559. The molecule has 1 aromatic heterocycles. The lowest BCUT2D eigenvalue weighted by molar-refractivity contribution is 1.30. The van der Waals surface area contributed by atoms with Gasteiger partial charge in [0.15, 0.2) is 0 Å². The maximum absolute atomic E-state index is 9.37. The molecule has 0 N–H and O–H groups in total. The molecule has 0 aliphatic heterocycles. The topological polar surface area (TPSA) is 36.7 Å². The number of nitriles is 1. The van der Waals surface area contributed by atoms with Crippen LogP contribution in [-0.4, -0.2) is 4.98 Å². The van der Waals surface area contributed by atoms with Gasteiger partial charge in [0.05, 0.1) is 5.56 Å². The number of nitrogens with zero attached hydrogens (tertiary/aromatic N) is 2. The third-order valence-corrected chi connectivity index (χ3v) is 7.32. The van der Waals surface area contributed by atoms with Gasteiger partial charge in [-0.3, -0.25) is 4.98 Å². The van der Waals surface area contributed by atoms with E-state index in [9.17, 15) is 5.26 Å². The van der Waals surface area contributed by atoms with E-state index in [0.717, 1.165) is 16.7 Å². The third-order valence-electron chi connectivity index (χ3n) is 7.32. The summed E-state index contributed by atoms with van der Waals surface area (Å²) in [5, 5.41) is 16.7. The van der Waals surface area contributed by atoms with Crippen molar-refractivity contribution < 1.29 is 0 Å². The Hall–Kier alpha value is -5.26. The number of rotatable bonds is 3. The molecule has 0 bridgehead atoms. The monoisotopic (exact) mass is 482 g/mol. The second kappa shape index (κ2) is 9.00. The molecular weight excluding hydrogens is 460 g/mol. The molecule has 0 fully saturated rings. The lowest BCUT2D eigenvalue weighted by atomic mass is 9.85. The highest BCUT2D eigenvalue weighted by Crippen LogP contribution is 2.44. The summed E-state index contributed by atoms with van der Waals surface area (Å²) in [6.07, 6.45) is 3.42. The van der Waals surface area contributed by atoms with Crippen LogP contribution in [0.5, 0.6) is 0 Å². The zero-order valence-corrected chi connectivity index (χ0v) is 20.6. The van der Waals surface area contributed by atoms with Crippen LogP contribution in [0.1, 0.15) is 5.56 Å². The van der Waals surface area contributed by atoms with Gasteiger partial charge < -0.3 is 0 Å².